The maximum absolute atomic E-state index is 9.06. The summed E-state index contributed by atoms with van der Waals surface area (Å²) in [6.45, 7) is 9.36. The first kappa shape index (κ1) is 9.66. The summed E-state index contributed by atoms with van der Waals surface area (Å²) in [5.41, 5.74) is 0. The van der Waals surface area contributed by atoms with Gasteiger partial charge in [0.15, 0.2) is 0 Å². The van der Waals surface area contributed by atoms with Gasteiger partial charge in [0.05, 0.1) is 19.3 Å². The number of rotatable bonds is 1. The predicted octanol–water partition coefficient (Wildman–Crippen LogP) is 1.21. The second-order valence-corrected chi connectivity index (χ2v) is 2.27. The van der Waals surface area contributed by atoms with Crippen molar-refractivity contribution in [1.29, 1.82) is 0 Å². The van der Waals surface area contributed by atoms with E-state index in [1.165, 1.54) is 0 Å². The molecular formula is C8H16O2. The smallest absolute Gasteiger partial charge is 0.0823 e. The Hall–Kier alpha value is -0.340. The maximum Gasteiger partial charge on any atom is 0.0823 e. The second-order valence-electron chi connectivity index (χ2n) is 2.27. The Morgan fingerprint density at radius 1 is 1.50 bits per heavy atom. The Balaban J connectivity index is 0.000000371. The lowest BCUT2D eigenvalue weighted by Gasteiger charge is -2.06. The van der Waals surface area contributed by atoms with Crippen molar-refractivity contribution in [3.8, 4) is 0 Å². The number of hydrogen-bond donors (Lipinski definition) is 1. The zero-order valence-electron chi connectivity index (χ0n) is 6.55. The Labute approximate surface area is 62.5 Å². The maximum atomic E-state index is 9.06. The minimum absolute atomic E-state index is 0.194. The van der Waals surface area contributed by atoms with Crippen LogP contribution in [0.2, 0.25) is 0 Å². The van der Waals surface area contributed by atoms with Crippen LogP contribution in [0, 0.1) is 5.92 Å². The standard InChI is InChI=1S/C6H12O2.C2H4/c1-2-5-3-8-4-6(5)7;1-2/h5-7H,2-4H2,1H3;1-2H2. The van der Waals surface area contributed by atoms with E-state index in [4.69, 9.17) is 9.84 Å². The quantitative estimate of drug-likeness (QED) is 0.560. The van der Waals surface area contributed by atoms with Gasteiger partial charge in [0.25, 0.3) is 0 Å². The Morgan fingerprint density at radius 3 is 2.30 bits per heavy atom. The summed E-state index contributed by atoms with van der Waals surface area (Å²) in [7, 11) is 0. The molecule has 60 valence electrons. The van der Waals surface area contributed by atoms with Crippen molar-refractivity contribution in [2.45, 2.75) is 19.4 Å². The third-order valence-corrected chi connectivity index (χ3v) is 1.69. The highest BCUT2D eigenvalue weighted by atomic mass is 16.5. The molecule has 2 heteroatoms. The molecule has 1 fully saturated rings. The van der Waals surface area contributed by atoms with Gasteiger partial charge in [-0.1, -0.05) is 6.92 Å². The highest BCUT2D eigenvalue weighted by Gasteiger charge is 2.23. The fraction of sp³-hybridized carbons (Fsp3) is 0.750. The van der Waals surface area contributed by atoms with Gasteiger partial charge in [-0.05, 0) is 6.42 Å². The zero-order chi connectivity index (χ0) is 7.98. The van der Waals surface area contributed by atoms with Gasteiger partial charge in [0.1, 0.15) is 0 Å². The molecule has 1 heterocycles. The molecule has 0 saturated carbocycles. The third kappa shape index (κ3) is 2.50. The summed E-state index contributed by atoms with van der Waals surface area (Å²) in [5.74, 6) is 0.398. The van der Waals surface area contributed by atoms with Crippen LogP contribution < -0.4 is 0 Å². The van der Waals surface area contributed by atoms with E-state index < -0.39 is 0 Å². The Kier molecular flexibility index (Phi) is 5.26. The van der Waals surface area contributed by atoms with E-state index in [-0.39, 0.29) is 6.10 Å². The lowest BCUT2D eigenvalue weighted by atomic mass is 10.0. The summed E-state index contributed by atoms with van der Waals surface area (Å²) in [6.07, 6.45) is 0.834. The first-order valence-corrected chi connectivity index (χ1v) is 3.60. The van der Waals surface area contributed by atoms with Crippen molar-refractivity contribution in [2.24, 2.45) is 5.92 Å². The van der Waals surface area contributed by atoms with Crippen molar-refractivity contribution in [3.63, 3.8) is 0 Å². The predicted molar refractivity (Wildman–Crippen MR) is 41.9 cm³/mol. The van der Waals surface area contributed by atoms with Crippen LogP contribution >= 0.6 is 0 Å². The van der Waals surface area contributed by atoms with E-state index in [1.54, 1.807) is 0 Å². The van der Waals surface area contributed by atoms with Crippen molar-refractivity contribution in [3.05, 3.63) is 13.2 Å². The topological polar surface area (TPSA) is 29.5 Å². The SMILES string of the molecule is C=C.CCC1COCC1O. The van der Waals surface area contributed by atoms with Crippen LogP contribution in [0.1, 0.15) is 13.3 Å². The minimum atomic E-state index is -0.194. The lowest BCUT2D eigenvalue weighted by Crippen LogP contribution is -2.16. The highest BCUT2D eigenvalue weighted by molar-refractivity contribution is 4.71. The van der Waals surface area contributed by atoms with Gasteiger partial charge in [-0.3, -0.25) is 0 Å². The van der Waals surface area contributed by atoms with E-state index in [2.05, 4.69) is 20.1 Å². The monoisotopic (exact) mass is 144 g/mol. The van der Waals surface area contributed by atoms with Crippen molar-refractivity contribution in [2.75, 3.05) is 13.2 Å². The Morgan fingerprint density at radius 2 is 2.10 bits per heavy atom. The first-order valence-electron chi connectivity index (χ1n) is 3.60. The molecule has 0 aromatic rings. The summed E-state index contributed by atoms with van der Waals surface area (Å²) in [4.78, 5) is 0. The second kappa shape index (κ2) is 5.45. The number of ether oxygens (including phenoxy) is 1. The fourth-order valence-electron chi connectivity index (χ4n) is 0.977. The van der Waals surface area contributed by atoms with E-state index >= 15 is 0 Å². The van der Waals surface area contributed by atoms with Gasteiger partial charge in [-0.2, -0.15) is 0 Å². The van der Waals surface area contributed by atoms with Crippen molar-refractivity contribution < 1.29 is 9.84 Å². The van der Waals surface area contributed by atoms with E-state index in [0.717, 1.165) is 13.0 Å². The first-order chi connectivity index (χ1) is 4.84. The van der Waals surface area contributed by atoms with Crippen molar-refractivity contribution in [1.82, 2.24) is 0 Å². The van der Waals surface area contributed by atoms with E-state index in [0.29, 0.717) is 12.5 Å². The van der Waals surface area contributed by atoms with Gasteiger partial charge >= 0.3 is 0 Å². The number of hydrogen-bond acceptors (Lipinski definition) is 2. The van der Waals surface area contributed by atoms with Gasteiger partial charge in [-0.25, -0.2) is 0 Å². The van der Waals surface area contributed by atoms with Gasteiger partial charge in [0.2, 0.25) is 0 Å². The van der Waals surface area contributed by atoms with Crippen LogP contribution in [-0.4, -0.2) is 24.4 Å². The molecule has 2 nitrogen and oxygen atoms in total. The fourth-order valence-corrected chi connectivity index (χ4v) is 0.977. The zero-order valence-corrected chi connectivity index (χ0v) is 6.55. The average Bonchev–Trinajstić information content (AvgIpc) is 2.39. The summed E-state index contributed by atoms with van der Waals surface area (Å²) < 4.78 is 5.01. The molecule has 1 saturated heterocycles. The van der Waals surface area contributed by atoms with Gasteiger partial charge < -0.3 is 9.84 Å². The van der Waals surface area contributed by atoms with Gasteiger partial charge in [-0.15, -0.1) is 13.2 Å². The molecular weight excluding hydrogens is 128 g/mol. The van der Waals surface area contributed by atoms with Crippen LogP contribution in [-0.2, 0) is 4.74 Å². The molecule has 10 heavy (non-hydrogen) atoms. The van der Waals surface area contributed by atoms with Crippen LogP contribution in [0.3, 0.4) is 0 Å². The summed E-state index contributed by atoms with van der Waals surface area (Å²) in [6, 6.07) is 0. The van der Waals surface area contributed by atoms with Crippen LogP contribution in [0.25, 0.3) is 0 Å². The molecule has 0 aromatic carbocycles. The molecule has 0 aliphatic carbocycles. The molecule has 0 amide bonds. The molecule has 2 unspecified atom stereocenters. The summed E-state index contributed by atoms with van der Waals surface area (Å²) >= 11 is 0. The van der Waals surface area contributed by atoms with E-state index in [9.17, 15) is 0 Å². The highest BCUT2D eigenvalue weighted by Crippen LogP contribution is 2.15. The molecule has 2 atom stereocenters. The molecule has 0 aromatic heterocycles. The molecule has 0 bridgehead atoms. The lowest BCUT2D eigenvalue weighted by molar-refractivity contribution is 0.118. The third-order valence-electron chi connectivity index (χ3n) is 1.69. The molecule has 1 aliphatic heterocycles. The molecule has 0 spiro atoms. The molecule has 1 rings (SSSR count). The summed E-state index contributed by atoms with van der Waals surface area (Å²) in [5, 5.41) is 9.06. The average molecular weight is 144 g/mol. The molecule has 1 aliphatic rings. The van der Waals surface area contributed by atoms with E-state index in [1.807, 2.05) is 0 Å². The van der Waals surface area contributed by atoms with Crippen LogP contribution in [0.4, 0.5) is 0 Å². The largest absolute Gasteiger partial charge is 0.390 e. The number of aliphatic hydroxyl groups excluding tert-OH is 1. The molecule has 1 N–H and O–H groups in total. The van der Waals surface area contributed by atoms with Crippen molar-refractivity contribution >= 4 is 0 Å². The van der Waals surface area contributed by atoms with Crippen LogP contribution in [0.15, 0.2) is 13.2 Å². The van der Waals surface area contributed by atoms with Gasteiger partial charge in [0, 0.05) is 5.92 Å². The minimum Gasteiger partial charge on any atom is -0.390 e. The normalized spacial score (nSPS) is 31.0. The Bertz CT molecular complexity index is 83.3. The van der Waals surface area contributed by atoms with Crippen LogP contribution in [0.5, 0.6) is 0 Å². The number of aliphatic hydroxyl groups is 1. The molecule has 0 radical (unpaired) electrons.